The highest BCUT2D eigenvalue weighted by atomic mass is 16.5. The zero-order chi connectivity index (χ0) is 13.1. The number of rotatable bonds is 2. The fourth-order valence-electron chi connectivity index (χ4n) is 1.96. The van der Waals surface area contributed by atoms with Crippen molar-refractivity contribution < 1.29 is 14.3 Å². The molecule has 1 unspecified atom stereocenters. The molecular formula is C14H13NO3. The van der Waals surface area contributed by atoms with Gasteiger partial charge in [-0.2, -0.15) is 0 Å². The van der Waals surface area contributed by atoms with Crippen molar-refractivity contribution in [2.24, 2.45) is 5.92 Å². The first-order chi connectivity index (χ1) is 8.65. The SMILES string of the molecule is C#CC1CC(=O)N(c2ccc(C(=O)OC)cc2)C1. The van der Waals surface area contributed by atoms with E-state index in [1.54, 1.807) is 29.2 Å². The maximum absolute atomic E-state index is 11.8. The Bertz CT molecular complexity index is 513. The van der Waals surface area contributed by atoms with E-state index in [1.165, 1.54) is 7.11 Å². The predicted molar refractivity (Wildman–Crippen MR) is 67.1 cm³/mol. The van der Waals surface area contributed by atoms with E-state index in [0.717, 1.165) is 5.69 Å². The van der Waals surface area contributed by atoms with Crippen LogP contribution in [0.4, 0.5) is 5.69 Å². The molecule has 1 amide bonds. The van der Waals surface area contributed by atoms with Crippen molar-refractivity contribution in [2.45, 2.75) is 6.42 Å². The van der Waals surface area contributed by atoms with E-state index in [1.807, 2.05) is 0 Å². The molecule has 1 aromatic rings. The number of carbonyl (C=O) groups excluding carboxylic acids is 2. The molecule has 0 aromatic heterocycles. The van der Waals surface area contributed by atoms with Crippen molar-refractivity contribution in [1.29, 1.82) is 0 Å². The van der Waals surface area contributed by atoms with Gasteiger partial charge in [-0.1, -0.05) is 0 Å². The van der Waals surface area contributed by atoms with Crippen LogP contribution in [0.3, 0.4) is 0 Å². The number of ether oxygens (including phenoxy) is 1. The summed E-state index contributed by atoms with van der Waals surface area (Å²) in [6.07, 6.45) is 5.71. The Labute approximate surface area is 106 Å². The van der Waals surface area contributed by atoms with Gasteiger partial charge in [0.1, 0.15) is 0 Å². The van der Waals surface area contributed by atoms with Gasteiger partial charge in [0.05, 0.1) is 12.7 Å². The highest BCUT2D eigenvalue weighted by Crippen LogP contribution is 2.24. The predicted octanol–water partition coefficient (Wildman–Crippen LogP) is 1.46. The number of anilines is 1. The largest absolute Gasteiger partial charge is 0.465 e. The highest BCUT2D eigenvalue weighted by Gasteiger charge is 2.29. The summed E-state index contributed by atoms with van der Waals surface area (Å²) in [5.41, 5.74) is 1.21. The molecule has 1 aliphatic rings. The average molecular weight is 243 g/mol. The third-order valence-electron chi connectivity index (χ3n) is 2.96. The first kappa shape index (κ1) is 12.2. The Balaban J connectivity index is 2.18. The zero-order valence-corrected chi connectivity index (χ0v) is 10.1. The molecule has 1 saturated heterocycles. The summed E-state index contributed by atoms with van der Waals surface area (Å²) in [4.78, 5) is 24.7. The summed E-state index contributed by atoms with van der Waals surface area (Å²) < 4.78 is 4.61. The van der Waals surface area contributed by atoms with Crippen LogP contribution in [0.2, 0.25) is 0 Å². The third kappa shape index (κ3) is 2.21. The van der Waals surface area contributed by atoms with Crippen LogP contribution >= 0.6 is 0 Å². The van der Waals surface area contributed by atoms with E-state index in [0.29, 0.717) is 18.5 Å². The van der Waals surface area contributed by atoms with Gasteiger partial charge in [0.25, 0.3) is 0 Å². The molecule has 2 rings (SSSR count). The minimum absolute atomic E-state index is 0.0174. The minimum Gasteiger partial charge on any atom is -0.465 e. The number of benzene rings is 1. The Morgan fingerprint density at radius 1 is 1.44 bits per heavy atom. The van der Waals surface area contributed by atoms with Gasteiger partial charge in [-0.25, -0.2) is 4.79 Å². The van der Waals surface area contributed by atoms with Gasteiger partial charge < -0.3 is 9.64 Å². The first-order valence-corrected chi connectivity index (χ1v) is 5.60. The van der Waals surface area contributed by atoms with Crippen LogP contribution in [-0.4, -0.2) is 25.5 Å². The third-order valence-corrected chi connectivity index (χ3v) is 2.96. The molecule has 1 heterocycles. The second-order valence-electron chi connectivity index (χ2n) is 4.11. The molecule has 0 aliphatic carbocycles. The quantitative estimate of drug-likeness (QED) is 0.583. The molecule has 1 aliphatic heterocycles. The van der Waals surface area contributed by atoms with Gasteiger partial charge in [0, 0.05) is 24.6 Å². The highest BCUT2D eigenvalue weighted by molar-refractivity contribution is 5.97. The van der Waals surface area contributed by atoms with Gasteiger partial charge >= 0.3 is 5.97 Å². The van der Waals surface area contributed by atoms with Crippen LogP contribution in [0, 0.1) is 18.3 Å². The Kier molecular flexibility index (Phi) is 3.33. The molecule has 1 fully saturated rings. The van der Waals surface area contributed by atoms with E-state index in [-0.39, 0.29) is 11.8 Å². The fourth-order valence-corrected chi connectivity index (χ4v) is 1.96. The summed E-state index contributed by atoms with van der Waals surface area (Å²) in [5, 5.41) is 0. The van der Waals surface area contributed by atoms with Crippen LogP contribution in [0.25, 0.3) is 0 Å². The zero-order valence-electron chi connectivity index (χ0n) is 10.1. The van der Waals surface area contributed by atoms with Crippen molar-refractivity contribution >= 4 is 17.6 Å². The molecular weight excluding hydrogens is 230 g/mol. The van der Waals surface area contributed by atoms with Gasteiger partial charge in [-0.05, 0) is 24.3 Å². The molecule has 4 heteroatoms. The smallest absolute Gasteiger partial charge is 0.337 e. The van der Waals surface area contributed by atoms with Crippen LogP contribution in [0.1, 0.15) is 16.8 Å². The van der Waals surface area contributed by atoms with Crippen LogP contribution < -0.4 is 4.90 Å². The monoisotopic (exact) mass is 243 g/mol. The first-order valence-electron chi connectivity index (χ1n) is 5.60. The van der Waals surface area contributed by atoms with Crippen LogP contribution in [0.15, 0.2) is 24.3 Å². The second-order valence-corrected chi connectivity index (χ2v) is 4.11. The summed E-state index contributed by atoms with van der Waals surface area (Å²) in [5.74, 6) is 2.19. The number of hydrogen-bond acceptors (Lipinski definition) is 3. The number of methoxy groups -OCH3 is 1. The Morgan fingerprint density at radius 3 is 2.61 bits per heavy atom. The van der Waals surface area contributed by atoms with Crippen molar-refractivity contribution in [3.05, 3.63) is 29.8 Å². The molecule has 0 bridgehead atoms. The van der Waals surface area contributed by atoms with Crippen molar-refractivity contribution in [3.8, 4) is 12.3 Å². The molecule has 92 valence electrons. The molecule has 4 nitrogen and oxygen atoms in total. The molecule has 0 spiro atoms. The van der Waals surface area contributed by atoms with Crippen molar-refractivity contribution in [1.82, 2.24) is 0 Å². The lowest BCUT2D eigenvalue weighted by Crippen LogP contribution is -2.24. The van der Waals surface area contributed by atoms with E-state index in [9.17, 15) is 9.59 Å². The second kappa shape index (κ2) is 4.92. The lowest BCUT2D eigenvalue weighted by Gasteiger charge is -2.16. The molecule has 18 heavy (non-hydrogen) atoms. The summed E-state index contributed by atoms with van der Waals surface area (Å²) in [6, 6.07) is 6.72. The van der Waals surface area contributed by atoms with Crippen LogP contribution in [-0.2, 0) is 9.53 Å². The van der Waals surface area contributed by atoms with Gasteiger partial charge in [-0.15, -0.1) is 12.3 Å². The number of carbonyl (C=O) groups is 2. The molecule has 0 N–H and O–H groups in total. The molecule has 1 atom stereocenters. The van der Waals surface area contributed by atoms with E-state index in [2.05, 4.69) is 10.7 Å². The van der Waals surface area contributed by atoms with Gasteiger partial charge in [0.2, 0.25) is 5.91 Å². The van der Waals surface area contributed by atoms with E-state index < -0.39 is 5.97 Å². The lowest BCUT2D eigenvalue weighted by molar-refractivity contribution is -0.117. The topological polar surface area (TPSA) is 46.6 Å². The fraction of sp³-hybridized carbons (Fsp3) is 0.286. The summed E-state index contributed by atoms with van der Waals surface area (Å²) >= 11 is 0. The van der Waals surface area contributed by atoms with E-state index >= 15 is 0 Å². The van der Waals surface area contributed by atoms with Crippen molar-refractivity contribution in [3.63, 3.8) is 0 Å². The summed E-state index contributed by atoms with van der Waals surface area (Å²) in [6.45, 7) is 0.535. The van der Waals surface area contributed by atoms with Crippen molar-refractivity contribution in [2.75, 3.05) is 18.6 Å². The maximum atomic E-state index is 11.8. The van der Waals surface area contributed by atoms with Crippen LogP contribution in [0.5, 0.6) is 0 Å². The average Bonchev–Trinajstić information content (AvgIpc) is 2.79. The summed E-state index contributed by atoms with van der Waals surface area (Å²) in [7, 11) is 1.33. The molecule has 1 aromatic carbocycles. The minimum atomic E-state index is -0.393. The number of hydrogen-bond donors (Lipinski definition) is 0. The number of esters is 1. The standard InChI is InChI=1S/C14H13NO3/c1-3-10-8-13(16)15(9-10)12-6-4-11(5-7-12)14(17)18-2/h1,4-7,10H,8-9H2,2H3. The Hall–Kier alpha value is -2.28. The molecule has 0 radical (unpaired) electrons. The number of amides is 1. The normalized spacial score (nSPS) is 18.6. The van der Waals surface area contributed by atoms with Gasteiger partial charge in [0.15, 0.2) is 0 Å². The maximum Gasteiger partial charge on any atom is 0.337 e. The van der Waals surface area contributed by atoms with E-state index in [4.69, 9.17) is 6.42 Å². The lowest BCUT2D eigenvalue weighted by atomic mass is 10.1. The molecule has 0 saturated carbocycles. The number of nitrogens with zero attached hydrogens (tertiary/aromatic N) is 1. The number of terminal acetylenes is 1. The Morgan fingerprint density at radius 2 is 2.11 bits per heavy atom. The van der Waals surface area contributed by atoms with Gasteiger partial charge in [-0.3, -0.25) is 4.79 Å².